The van der Waals surface area contributed by atoms with Gasteiger partial charge < -0.3 is 4.98 Å². The number of nitrogens with one attached hydrogen (secondary N) is 1. The second-order valence-electron chi connectivity index (χ2n) is 3.94. The van der Waals surface area contributed by atoms with Crippen molar-refractivity contribution in [2.45, 2.75) is 45.1 Å². The highest BCUT2D eigenvalue weighted by atomic mass is 16.1. The number of aromatic amines is 1. The lowest BCUT2D eigenvalue weighted by Crippen LogP contribution is -2.23. The lowest BCUT2D eigenvalue weighted by atomic mass is 9.95. The third kappa shape index (κ3) is 1.69. The number of aromatic nitrogens is 2. The fraction of sp³-hybridized carbons (Fsp3) is 0.700. The first-order valence-electron chi connectivity index (χ1n) is 5.05. The molecule has 0 spiro atoms. The van der Waals surface area contributed by atoms with E-state index in [-0.39, 0.29) is 5.69 Å². The van der Waals surface area contributed by atoms with Crippen molar-refractivity contribution in [1.82, 2.24) is 9.55 Å². The van der Waals surface area contributed by atoms with Crippen LogP contribution in [-0.2, 0) is 0 Å². The first-order valence-corrected chi connectivity index (χ1v) is 5.05. The maximum Gasteiger partial charge on any atom is 0.325 e. The van der Waals surface area contributed by atoms with Gasteiger partial charge in [0.05, 0.1) is 0 Å². The molecule has 1 saturated carbocycles. The standard InChI is InChI=1S/C10H16N2O/c1-8-7-12(10(13)11-8)9-5-3-2-4-6-9/h7,9H,2-6H2,1H3,(H,11,13). The van der Waals surface area contributed by atoms with Crippen molar-refractivity contribution in [2.75, 3.05) is 0 Å². The fourth-order valence-corrected chi connectivity index (χ4v) is 2.16. The molecule has 2 rings (SSSR count). The molecule has 1 aromatic heterocycles. The van der Waals surface area contributed by atoms with E-state index < -0.39 is 0 Å². The van der Waals surface area contributed by atoms with E-state index in [1.807, 2.05) is 17.7 Å². The summed E-state index contributed by atoms with van der Waals surface area (Å²) in [5.74, 6) is 0. The third-order valence-electron chi connectivity index (χ3n) is 2.84. The molecule has 1 fully saturated rings. The van der Waals surface area contributed by atoms with E-state index in [4.69, 9.17) is 0 Å². The monoisotopic (exact) mass is 180 g/mol. The Kier molecular flexibility index (Phi) is 2.25. The molecule has 0 aliphatic heterocycles. The Morgan fingerprint density at radius 3 is 2.62 bits per heavy atom. The second-order valence-corrected chi connectivity index (χ2v) is 3.94. The van der Waals surface area contributed by atoms with E-state index in [0.29, 0.717) is 6.04 Å². The Hall–Kier alpha value is -0.990. The molecule has 0 atom stereocenters. The smallest absolute Gasteiger partial charge is 0.310 e. The van der Waals surface area contributed by atoms with Gasteiger partial charge in [-0.3, -0.25) is 4.57 Å². The van der Waals surface area contributed by atoms with E-state index in [1.165, 1.54) is 19.3 Å². The molecule has 72 valence electrons. The summed E-state index contributed by atoms with van der Waals surface area (Å²) in [4.78, 5) is 14.3. The highest BCUT2D eigenvalue weighted by Gasteiger charge is 2.16. The Morgan fingerprint density at radius 1 is 1.38 bits per heavy atom. The van der Waals surface area contributed by atoms with Gasteiger partial charge in [-0.15, -0.1) is 0 Å². The van der Waals surface area contributed by atoms with Crippen LogP contribution in [0.4, 0.5) is 0 Å². The minimum absolute atomic E-state index is 0.0596. The van der Waals surface area contributed by atoms with Gasteiger partial charge in [-0.05, 0) is 19.8 Å². The summed E-state index contributed by atoms with van der Waals surface area (Å²) in [6.07, 6.45) is 8.13. The van der Waals surface area contributed by atoms with Crippen LogP contribution in [0.5, 0.6) is 0 Å². The summed E-state index contributed by atoms with van der Waals surface area (Å²) in [5, 5.41) is 0. The molecule has 1 aliphatic carbocycles. The topological polar surface area (TPSA) is 37.8 Å². The number of hydrogen-bond donors (Lipinski definition) is 1. The fourth-order valence-electron chi connectivity index (χ4n) is 2.16. The molecule has 3 heteroatoms. The molecular weight excluding hydrogens is 164 g/mol. The van der Waals surface area contributed by atoms with Crippen LogP contribution < -0.4 is 5.69 Å². The second kappa shape index (κ2) is 3.40. The lowest BCUT2D eigenvalue weighted by Gasteiger charge is -2.21. The van der Waals surface area contributed by atoms with Crippen LogP contribution in [0.2, 0.25) is 0 Å². The first-order chi connectivity index (χ1) is 6.27. The molecule has 1 heterocycles. The molecule has 1 N–H and O–H groups in total. The summed E-state index contributed by atoms with van der Waals surface area (Å²) in [5.41, 5.74) is 1.03. The van der Waals surface area contributed by atoms with E-state index in [0.717, 1.165) is 18.5 Å². The third-order valence-corrected chi connectivity index (χ3v) is 2.84. The van der Waals surface area contributed by atoms with Crippen molar-refractivity contribution >= 4 is 0 Å². The van der Waals surface area contributed by atoms with Gasteiger partial charge in [0.15, 0.2) is 0 Å². The predicted molar refractivity (Wildman–Crippen MR) is 51.9 cm³/mol. The van der Waals surface area contributed by atoms with Crippen LogP contribution in [-0.4, -0.2) is 9.55 Å². The van der Waals surface area contributed by atoms with Crippen molar-refractivity contribution in [3.63, 3.8) is 0 Å². The molecule has 0 radical (unpaired) electrons. The Bertz CT molecular complexity index is 331. The Balaban J connectivity index is 2.23. The largest absolute Gasteiger partial charge is 0.325 e. The first kappa shape index (κ1) is 8.60. The highest BCUT2D eigenvalue weighted by molar-refractivity contribution is 4.95. The van der Waals surface area contributed by atoms with Gasteiger partial charge in [0.25, 0.3) is 0 Å². The molecular formula is C10H16N2O. The van der Waals surface area contributed by atoms with Crippen LogP contribution in [0.3, 0.4) is 0 Å². The van der Waals surface area contributed by atoms with Crippen molar-refractivity contribution < 1.29 is 0 Å². The summed E-state index contributed by atoms with van der Waals surface area (Å²) >= 11 is 0. The van der Waals surface area contributed by atoms with Gasteiger partial charge in [-0.1, -0.05) is 19.3 Å². The number of rotatable bonds is 1. The average molecular weight is 180 g/mol. The van der Waals surface area contributed by atoms with Gasteiger partial charge in [0.1, 0.15) is 0 Å². The maximum atomic E-state index is 11.4. The minimum Gasteiger partial charge on any atom is -0.310 e. The van der Waals surface area contributed by atoms with Crippen molar-refractivity contribution in [1.29, 1.82) is 0 Å². The molecule has 0 bridgehead atoms. The van der Waals surface area contributed by atoms with E-state index in [2.05, 4.69) is 4.98 Å². The van der Waals surface area contributed by atoms with Gasteiger partial charge in [-0.2, -0.15) is 0 Å². The van der Waals surface area contributed by atoms with Crippen LogP contribution in [0.15, 0.2) is 11.0 Å². The Morgan fingerprint density at radius 2 is 2.08 bits per heavy atom. The van der Waals surface area contributed by atoms with Crippen molar-refractivity contribution in [3.8, 4) is 0 Å². The summed E-state index contributed by atoms with van der Waals surface area (Å²) < 4.78 is 1.87. The Labute approximate surface area is 77.8 Å². The number of imidazole rings is 1. The van der Waals surface area contributed by atoms with Crippen LogP contribution in [0.25, 0.3) is 0 Å². The molecule has 3 nitrogen and oxygen atoms in total. The number of nitrogens with zero attached hydrogens (tertiary/aromatic N) is 1. The van der Waals surface area contributed by atoms with Gasteiger partial charge in [0.2, 0.25) is 0 Å². The van der Waals surface area contributed by atoms with Crippen molar-refractivity contribution in [3.05, 3.63) is 22.4 Å². The van der Waals surface area contributed by atoms with E-state index in [1.54, 1.807) is 0 Å². The summed E-state index contributed by atoms with van der Waals surface area (Å²) in [6, 6.07) is 0.450. The number of hydrogen-bond acceptors (Lipinski definition) is 1. The summed E-state index contributed by atoms with van der Waals surface area (Å²) in [6.45, 7) is 1.93. The molecule has 0 amide bonds. The molecule has 1 aromatic rings. The summed E-state index contributed by atoms with van der Waals surface area (Å²) in [7, 11) is 0. The zero-order chi connectivity index (χ0) is 9.26. The normalized spacial score (nSPS) is 19.2. The van der Waals surface area contributed by atoms with Gasteiger partial charge >= 0.3 is 5.69 Å². The van der Waals surface area contributed by atoms with E-state index >= 15 is 0 Å². The average Bonchev–Trinajstić information content (AvgIpc) is 2.47. The minimum atomic E-state index is 0.0596. The van der Waals surface area contributed by atoms with E-state index in [9.17, 15) is 4.79 Å². The highest BCUT2D eigenvalue weighted by Crippen LogP contribution is 2.26. The number of aryl methyl sites for hydroxylation is 1. The van der Waals surface area contributed by atoms with Crippen LogP contribution in [0.1, 0.15) is 43.8 Å². The molecule has 1 aliphatic rings. The zero-order valence-corrected chi connectivity index (χ0v) is 8.05. The van der Waals surface area contributed by atoms with Crippen LogP contribution in [0, 0.1) is 6.92 Å². The SMILES string of the molecule is Cc1cn(C2CCCCC2)c(=O)[nH]1. The van der Waals surface area contributed by atoms with Crippen molar-refractivity contribution in [2.24, 2.45) is 0 Å². The molecule has 13 heavy (non-hydrogen) atoms. The van der Waals surface area contributed by atoms with Gasteiger partial charge in [-0.25, -0.2) is 4.79 Å². The number of H-pyrrole nitrogens is 1. The van der Waals surface area contributed by atoms with Gasteiger partial charge in [0, 0.05) is 17.9 Å². The molecule has 0 saturated heterocycles. The van der Waals surface area contributed by atoms with Crippen LogP contribution >= 0.6 is 0 Å². The predicted octanol–water partition coefficient (Wildman–Crippen LogP) is 1.99. The molecule has 0 unspecified atom stereocenters. The quantitative estimate of drug-likeness (QED) is 0.705. The zero-order valence-electron chi connectivity index (χ0n) is 8.05. The molecule has 0 aromatic carbocycles. The maximum absolute atomic E-state index is 11.4. The lowest BCUT2D eigenvalue weighted by molar-refractivity contribution is 0.347.